The van der Waals surface area contributed by atoms with Crippen molar-refractivity contribution in [1.29, 1.82) is 0 Å². The van der Waals surface area contributed by atoms with Gasteiger partial charge in [0, 0.05) is 0 Å². The summed E-state index contributed by atoms with van der Waals surface area (Å²) in [6, 6.07) is 0. The molecular formula is C16H30O8. The summed E-state index contributed by atoms with van der Waals surface area (Å²) in [4.78, 5) is 10.2. The molecule has 0 aliphatic heterocycles. The predicted octanol–water partition coefficient (Wildman–Crippen LogP) is 0.747. The van der Waals surface area contributed by atoms with E-state index >= 15 is 0 Å². The number of hydrogen-bond acceptors (Lipinski definition) is 7. The standard InChI is InChI=1S/C16H30O8/c1-2-4-19-6-8-21-10-12-23-14-15-24-13-11-22-9-7-20-5-3-16(17)18/h2H,1,3-15H2,(H,17,18). The second kappa shape index (κ2) is 20.0. The molecular weight excluding hydrogens is 320 g/mol. The summed E-state index contributed by atoms with van der Waals surface area (Å²) in [7, 11) is 0. The third-order valence-corrected chi connectivity index (χ3v) is 2.56. The van der Waals surface area contributed by atoms with Crippen LogP contribution in [-0.2, 0) is 33.2 Å². The molecule has 1 N–H and O–H groups in total. The molecule has 0 aliphatic rings. The Morgan fingerprint density at radius 2 is 1.00 bits per heavy atom. The van der Waals surface area contributed by atoms with Crippen LogP contribution in [-0.4, -0.2) is 90.4 Å². The maximum atomic E-state index is 10.2. The van der Waals surface area contributed by atoms with Crippen LogP contribution in [0.2, 0.25) is 0 Å². The average molecular weight is 350 g/mol. The first-order valence-corrected chi connectivity index (χ1v) is 8.06. The number of hydrogen-bond donors (Lipinski definition) is 1. The van der Waals surface area contributed by atoms with Crippen molar-refractivity contribution in [2.45, 2.75) is 6.42 Å². The van der Waals surface area contributed by atoms with Gasteiger partial charge in [-0.25, -0.2) is 0 Å². The minimum Gasteiger partial charge on any atom is -0.481 e. The number of carboxylic acid groups (broad SMARTS) is 1. The Morgan fingerprint density at radius 1 is 0.667 bits per heavy atom. The minimum absolute atomic E-state index is 0.0112. The Kier molecular flexibility index (Phi) is 19.2. The molecule has 0 saturated carbocycles. The van der Waals surface area contributed by atoms with Crippen LogP contribution >= 0.6 is 0 Å². The first-order chi connectivity index (χ1) is 11.8. The van der Waals surface area contributed by atoms with Crippen LogP contribution in [0.1, 0.15) is 6.42 Å². The highest BCUT2D eigenvalue weighted by molar-refractivity contribution is 5.66. The Labute approximate surface area is 143 Å². The molecule has 0 unspecified atom stereocenters. The van der Waals surface area contributed by atoms with E-state index in [1.54, 1.807) is 6.08 Å². The second-order valence-electron chi connectivity index (χ2n) is 4.57. The number of carboxylic acids is 1. The van der Waals surface area contributed by atoms with Crippen LogP contribution < -0.4 is 0 Å². The van der Waals surface area contributed by atoms with Gasteiger partial charge in [-0.05, 0) is 0 Å². The molecule has 0 saturated heterocycles. The Morgan fingerprint density at radius 3 is 1.33 bits per heavy atom. The van der Waals surface area contributed by atoms with Crippen molar-refractivity contribution in [1.82, 2.24) is 0 Å². The lowest BCUT2D eigenvalue weighted by atomic mass is 10.5. The second-order valence-corrected chi connectivity index (χ2v) is 4.57. The molecule has 0 aromatic carbocycles. The van der Waals surface area contributed by atoms with E-state index in [0.29, 0.717) is 72.7 Å². The molecule has 8 nitrogen and oxygen atoms in total. The van der Waals surface area contributed by atoms with E-state index < -0.39 is 5.97 Å². The van der Waals surface area contributed by atoms with E-state index in [2.05, 4.69) is 6.58 Å². The fraction of sp³-hybridized carbons (Fsp3) is 0.812. The van der Waals surface area contributed by atoms with Gasteiger partial charge >= 0.3 is 5.97 Å². The van der Waals surface area contributed by atoms with E-state index in [1.165, 1.54) is 0 Å². The van der Waals surface area contributed by atoms with Crippen molar-refractivity contribution in [2.24, 2.45) is 0 Å². The SMILES string of the molecule is C=CCOCCOCCOCCOCCOCCOCCC(=O)O. The van der Waals surface area contributed by atoms with Gasteiger partial charge in [0.1, 0.15) is 0 Å². The first kappa shape index (κ1) is 23.0. The van der Waals surface area contributed by atoms with Gasteiger partial charge in [0.25, 0.3) is 0 Å². The van der Waals surface area contributed by atoms with Crippen LogP contribution in [0.15, 0.2) is 12.7 Å². The van der Waals surface area contributed by atoms with Crippen molar-refractivity contribution >= 4 is 5.97 Å². The fourth-order valence-corrected chi connectivity index (χ4v) is 1.43. The van der Waals surface area contributed by atoms with Crippen molar-refractivity contribution in [3.8, 4) is 0 Å². The van der Waals surface area contributed by atoms with Gasteiger partial charge < -0.3 is 33.5 Å². The van der Waals surface area contributed by atoms with Crippen LogP contribution in [0.25, 0.3) is 0 Å². The molecule has 0 radical (unpaired) electrons. The summed E-state index contributed by atoms with van der Waals surface area (Å²) in [6.07, 6.45) is 1.71. The highest BCUT2D eigenvalue weighted by Crippen LogP contribution is 1.86. The molecule has 8 heteroatoms. The Bertz CT molecular complexity index is 285. The van der Waals surface area contributed by atoms with Gasteiger partial charge in [-0.1, -0.05) is 6.08 Å². The average Bonchev–Trinajstić information content (AvgIpc) is 2.56. The topological polar surface area (TPSA) is 92.7 Å². The van der Waals surface area contributed by atoms with E-state index in [0.717, 1.165) is 0 Å². The maximum Gasteiger partial charge on any atom is 0.305 e. The van der Waals surface area contributed by atoms with Crippen molar-refractivity contribution < 1.29 is 38.3 Å². The third-order valence-electron chi connectivity index (χ3n) is 2.56. The van der Waals surface area contributed by atoms with Gasteiger partial charge in [-0.2, -0.15) is 0 Å². The van der Waals surface area contributed by atoms with Gasteiger partial charge in [-0.15, -0.1) is 6.58 Å². The Hall–Kier alpha value is -1.03. The highest BCUT2D eigenvalue weighted by atomic mass is 16.6. The number of rotatable bonds is 20. The summed E-state index contributed by atoms with van der Waals surface area (Å²) in [5.74, 6) is -0.865. The lowest BCUT2D eigenvalue weighted by Gasteiger charge is -2.07. The van der Waals surface area contributed by atoms with E-state index in [-0.39, 0.29) is 13.0 Å². The lowest BCUT2D eigenvalue weighted by Crippen LogP contribution is -2.14. The molecule has 0 aliphatic carbocycles. The van der Waals surface area contributed by atoms with Gasteiger partial charge in [-0.3, -0.25) is 4.79 Å². The molecule has 142 valence electrons. The molecule has 0 aromatic rings. The normalized spacial score (nSPS) is 10.8. The summed E-state index contributed by atoms with van der Waals surface area (Å²) >= 11 is 0. The molecule has 0 atom stereocenters. The zero-order valence-corrected chi connectivity index (χ0v) is 14.3. The van der Waals surface area contributed by atoms with E-state index in [1.807, 2.05) is 0 Å². The molecule has 0 amide bonds. The van der Waals surface area contributed by atoms with Crippen molar-refractivity contribution in [2.75, 3.05) is 79.3 Å². The third kappa shape index (κ3) is 21.0. The number of carbonyl (C=O) groups is 1. The highest BCUT2D eigenvalue weighted by Gasteiger charge is 1.96. The van der Waals surface area contributed by atoms with E-state index in [4.69, 9.17) is 33.5 Å². The molecule has 0 heterocycles. The number of aliphatic carboxylic acids is 1. The van der Waals surface area contributed by atoms with Crippen molar-refractivity contribution in [3.05, 3.63) is 12.7 Å². The van der Waals surface area contributed by atoms with Gasteiger partial charge in [0.05, 0.1) is 85.7 Å². The summed E-state index contributed by atoms with van der Waals surface area (Å²) in [6.45, 7) is 9.22. The van der Waals surface area contributed by atoms with Crippen LogP contribution in [0, 0.1) is 0 Å². The minimum atomic E-state index is -0.865. The molecule has 0 fully saturated rings. The van der Waals surface area contributed by atoms with Crippen LogP contribution in [0.4, 0.5) is 0 Å². The zero-order chi connectivity index (χ0) is 17.7. The quantitative estimate of drug-likeness (QED) is 0.254. The molecule has 0 rings (SSSR count). The van der Waals surface area contributed by atoms with Crippen LogP contribution in [0.3, 0.4) is 0 Å². The van der Waals surface area contributed by atoms with E-state index in [9.17, 15) is 4.79 Å². The summed E-state index contributed by atoms with van der Waals surface area (Å²) in [5, 5.41) is 8.40. The number of ether oxygens (including phenoxy) is 6. The van der Waals surface area contributed by atoms with Crippen molar-refractivity contribution in [3.63, 3.8) is 0 Å². The van der Waals surface area contributed by atoms with Crippen LogP contribution in [0.5, 0.6) is 0 Å². The molecule has 0 aromatic heterocycles. The lowest BCUT2D eigenvalue weighted by molar-refractivity contribution is -0.138. The largest absolute Gasteiger partial charge is 0.481 e. The first-order valence-electron chi connectivity index (χ1n) is 8.06. The van der Waals surface area contributed by atoms with Gasteiger partial charge in [0.2, 0.25) is 0 Å². The molecule has 24 heavy (non-hydrogen) atoms. The molecule has 0 bridgehead atoms. The monoisotopic (exact) mass is 350 g/mol. The van der Waals surface area contributed by atoms with Gasteiger partial charge in [0.15, 0.2) is 0 Å². The Balaban J connectivity index is 2.98. The summed E-state index contributed by atoms with van der Waals surface area (Å²) < 4.78 is 31.5. The zero-order valence-electron chi connectivity index (χ0n) is 14.3. The smallest absolute Gasteiger partial charge is 0.305 e. The fourth-order valence-electron chi connectivity index (χ4n) is 1.43. The molecule has 0 spiro atoms. The maximum absolute atomic E-state index is 10.2. The summed E-state index contributed by atoms with van der Waals surface area (Å²) in [5.41, 5.74) is 0. The predicted molar refractivity (Wildman–Crippen MR) is 87.4 cm³/mol.